The monoisotopic (exact) mass is 415 g/mol. The first-order valence-corrected chi connectivity index (χ1v) is 9.80. The molecule has 0 aliphatic carbocycles. The molecule has 3 aromatic rings. The Balaban J connectivity index is 1.16. The zero-order chi connectivity index (χ0) is 20.2. The number of aryl methyl sites for hydroxylation is 1. The van der Waals surface area contributed by atoms with E-state index in [0.29, 0.717) is 31.2 Å². The van der Waals surface area contributed by atoms with Gasteiger partial charge in [0.1, 0.15) is 11.5 Å². The average Bonchev–Trinajstić information content (AvgIpc) is 3.32. The Morgan fingerprint density at radius 2 is 2.24 bits per heavy atom. The van der Waals surface area contributed by atoms with Crippen molar-refractivity contribution < 1.29 is 9.53 Å². The second kappa shape index (κ2) is 8.44. The number of nitrogens with two attached hydrogens (primary N) is 1. The second-order valence-corrected chi connectivity index (χ2v) is 7.14. The molecule has 4 rings (SSSR count). The fourth-order valence-corrected chi connectivity index (χ4v) is 3.41. The minimum absolute atomic E-state index is 0.327. The summed E-state index contributed by atoms with van der Waals surface area (Å²) in [6.07, 6.45) is 4.70. The van der Waals surface area contributed by atoms with Crippen molar-refractivity contribution >= 4 is 40.3 Å². The van der Waals surface area contributed by atoms with E-state index in [0.717, 1.165) is 35.1 Å². The lowest BCUT2D eigenvalue weighted by Gasteiger charge is -2.18. The van der Waals surface area contributed by atoms with Crippen molar-refractivity contribution in [3.63, 3.8) is 0 Å². The lowest BCUT2D eigenvalue weighted by atomic mass is 10.1. The maximum atomic E-state index is 11.9. The number of aromatic amines is 1. The van der Waals surface area contributed by atoms with Crippen LogP contribution in [0.3, 0.4) is 0 Å². The van der Waals surface area contributed by atoms with Gasteiger partial charge < -0.3 is 30.7 Å². The average molecular weight is 416 g/mol. The molecule has 1 aromatic carbocycles. The maximum absolute atomic E-state index is 11.9. The first-order chi connectivity index (χ1) is 14.1. The predicted octanol–water partition coefficient (Wildman–Crippen LogP) is 2.72. The number of hydrogen-bond donors (Lipinski definition) is 4. The normalized spacial score (nSPS) is 15.5. The van der Waals surface area contributed by atoms with Crippen molar-refractivity contribution in [1.29, 1.82) is 0 Å². The number of amidine groups is 1. The lowest BCUT2D eigenvalue weighted by molar-refractivity contribution is 0.143. The van der Waals surface area contributed by atoms with E-state index in [1.54, 1.807) is 6.33 Å². The van der Waals surface area contributed by atoms with Crippen LogP contribution >= 0.6 is 11.6 Å². The molecule has 3 heterocycles. The first kappa shape index (κ1) is 19.1. The van der Waals surface area contributed by atoms with Crippen molar-refractivity contribution in [3.8, 4) is 0 Å². The van der Waals surface area contributed by atoms with Gasteiger partial charge in [-0.3, -0.25) is 0 Å². The van der Waals surface area contributed by atoms with Crippen molar-refractivity contribution in [1.82, 2.24) is 19.9 Å². The van der Waals surface area contributed by atoms with Crippen LogP contribution < -0.4 is 16.4 Å². The SMILES string of the molecule is NC1=NC(Cl)Nc2c1ncn2CCCCOC(=O)NCc1ccc2cc[nH]c2c1. The third-order valence-electron chi connectivity index (χ3n) is 4.67. The van der Waals surface area contributed by atoms with Gasteiger partial charge in [0.05, 0.1) is 12.9 Å². The molecule has 0 radical (unpaired) electrons. The van der Waals surface area contributed by atoms with Crippen LogP contribution in [0.1, 0.15) is 24.1 Å². The number of halogens is 1. The van der Waals surface area contributed by atoms with Gasteiger partial charge in [-0.1, -0.05) is 23.7 Å². The molecule has 29 heavy (non-hydrogen) atoms. The van der Waals surface area contributed by atoms with Crippen LogP contribution in [0.2, 0.25) is 0 Å². The van der Waals surface area contributed by atoms with Crippen LogP contribution in [0.5, 0.6) is 0 Å². The van der Waals surface area contributed by atoms with Crippen LogP contribution in [0, 0.1) is 0 Å². The van der Waals surface area contributed by atoms with Crippen molar-refractivity contribution in [2.75, 3.05) is 11.9 Å². The molecule has 0 fully saturated rings. The number of alkyl carbamates (subject to hydrolysis) is 1. The Hall–Kier alpha value is -3.20. The number of nitrogens with one attached hydrogen (secondary N) is 3. The Bertz CT molecular complexity index is 1040. The zero-order valence-corrected chi connectivity index (χ0v) is 16.4. The largest absolute Gasteiger partial charge is 0.450 e. The Morgan fingerprint density at radius 1 is 1.34 bits per heavy atom. The molecule has 0 saturated carbocycles. The molecular weight excluding hydrogens is 394 g/mol. The third kappa shape index (κ3) is 4.45. The van der Waals surface area contributed by atoms with Crippen LogP contribution in [-0.2, 0) is 17.8 Å². The predicted molar refractivity (Wildman–Crippen MR) is 112 cm³/mol. The van der Waals surface area contributed by atoms with Crippen LogP contribution in [0.4, 0.5) is 10.6 Å². The highest BCUT2D eigenvalue weighted by atomic mass is 35.5. The molecule has 0 bridgehead atoms. The summed E-state index contributed by atoms with van der Waals surface area (Å²) in [5.41, 5.74) is 7.90. The van der Waals surface area contributed by atoms with E-state index in [1.165, 1.54) is 0 Å². The minimum atomic E-state index is -0.595. The number of carbonyl (C=O) groups excluding carboxylic acids is 1. The van der Waals surface area contributed by atoms with E-state index in [9.17, 15) is 4.79 Å². The highest BCUT2D eigenvalue weighted by Crippen LogP contribution is 2.22. The summed E-state index contributed by atoms with van der Waals surface area (Å²) in [5.74, 6) is 1.09. The number of anilines is 1. The number of aliphatic imine (C=N–C) groups is 1. The van der Waals surface area contributed by atoms with Gasteiger partial charge in [0.15, 0.2) is 11.5 Å². The fourth-order valence-electron chi connectivity index (χ4n) is 3.20. The summed E-state index contributed by atoms with van der Waals surface area (Å²) >= 11 is 6.00. The van der Waals surface area contributed by atoms with E-state index in [4.69, 9.17) is 22.1 Å². The second-order valence-electron chi connectivity index (χ2n) is 6.73. The van der Waals surface area contributed by atoms with Crippen molar-refractivity contribution in [2.24, 2.45) is 10.7 Å². The topological polar surface area (TPSA) is 122 Å². The van der Waals surface area contributed by atoms with Gasteiger partial charge in [0, 0.05) is 24.8 Å². The Labute approximate surface area is 172 Å². The Kier molecular flexibility index (Phi) is 5.57. The number of hydrogen-bond acceptors (Lipinski definition) is 6. The number of imidazole rings is 1. The van der Waals surface area contributed by atoms with E-state index in [-0.39, 0.29) is 0 Å². The smallest absolute Gasteiger partial charge is 0.407 e. The maximum Gasteiger partial charge on any atom is 0.407 e. The first-order valence-electron chi connectivity index (χ1n) is 9.36. The highest BCUT2D eigenvalue weighted by Gasteiger charge is 2.21. The Morgan fingerprint density at radius 3 is 3.14 bits per heavy atom. The number of unbranched alkanes of at least 4 members (excludes halogenated alkanes) is 1. The van der Waals surface area contributed by atoms with Gasteiger partial charge in [0.25, 0.3) is 0 Å². The van der Waals surface area contributed by atoms with E-state index >= 15 is 0 Å². The molecule has 1 aliphatic heterocycles. The number of rotatable bonds is 7. The molecule has 9 nitrogen and oxygen atoms in total. The summed E-state index contributed by atoms with van der Waals surface area (Å²) < 4.78 is 7.18. The van der Waals surface area contributed by atoms with Crippen LogP contribution in [0.15, 0.2) is 41.8 Å². The summed E-state index contributed by atoms with van der Waals surface area (Å²) in [7, 11) is 0. The van der Waals surface area contributed by atoms with Gasteiger partial charge >= 0.3 is 6.09 Å². The third-order valence-corrected chi connectivity index (χ3v) is 4.88. The summed E-state index contributed by atoms with van der Waals surface area (Å²) in [4.78, 5) is 23.3. The quantitative estimate of drug-likeness (QED) is 0.268. The number of aromatic nitrogens is 3. The number of fused-ring (bicyclic) bond motifs is 2. The van der Waals surface area contributed by atoms with Gasteiger partial charge in [0.2, 0.25) is 0 Å². The molecule has 0 saturated heterocycles. The molecule has 1 amide bonds. The number of ether oxygens (including phenoxy) is 1. The number of alkyl halides is 1. The summed E-state index contributed by atoms with van der Waals surface area (Å²) in [6, 6.07) is 8.02. The van der Waals surface area contributed by atoms with E-state index in [1.807, 2.05) is 35.0 Å². The van der Waals surface area contributed by atoms with Crippen molar-refractivity contribution in [2.45, 2.75) is 31.6 Å². The standard InChI is InChI=1S/C19H22ClN7O2/c20-18-25-16(21)15-17(26-18)27(11-24-15)7-1-2-8-29-19(28)23-10-12-3-4-13-5-6-22-14(13)9-12/h3-6,9,11,18,22,26H,1-2,7-8,10H2,(H2,21,25)(H,23,28). The van der Waals surface area contributed by atoms with E-state index < -0.39 is 11.7 Å². The van der Waals surface area contributed by atoms with Gasteiger partial charge in [-0.2, -0.15) is 0 Å². The molecule has 2 aromatic heterocycles. The fraction of sp³-hybridized carbons (Fsp3) is 0.316. The van der Waals surface area contributed by atoms with Crippen LogP contribution in [0.25, 0.3) is 10.9 Å². The molecule has 10 heteroatoms. The summed E-state index contributed by atoms with van der Waals surface area (Å²) in [6.45, 7) is 1.46. The van der Waals surface area contributed by atoms with Gasteiger partial charge in [-0.05, 0) is 35.9 Å². The number of benzene rings is 1. The van der Waals surface area contributed by atoms with Gasteiger partial charge in [-0.25, -0.2) is 14.8 Å². The lowest BCUT2D eigenvalue weighted by Crippen LogP contribution is -2.27. The van der Waals surface area contributed by atoms with Crippen LogP contribution in [-0.4, -0.2) is 38.7 Å². The molecule has 1 atom stereocenters. The molecule has 152 valence electrons. The number of amides is 1. The number of H-pyrrole nitrogens is 1. The van der Waals surface area contributed by atoms with E-state index in [2.05, 4.69) is 25.6 Å². The number of nitrogens with zero attached hydrogens (tertiary/aromatic N) is 3. The highest BCUT2D eigenvalue weighted by molar-refractivity contribution is 6.23. The molecular formula is C19H22ClN7O2. The molecule has 1 aliphatic rings. The van der Waals surface area contributed by atoms with Gasteiger partial charge in [-0.15, -0.1) is 0 Å². The minimum Gasteiger partial charge on any atom is -0.450 e. The number of carbonyl (C=O) groups is 1. The molecule has 1 unspecified atom stereocenters. The molecule has 5 N–H and O–H groups in total. The van der Waals surface area contributed by atoms with Crippen molar-refractivity contribution in [3.05, 3.63) is 48.0 Å². The molecule has 0 spiro atoms. The zero-order valence-electron chi connectivity index (χ0n) is 15.7. The summed E-state index contributed by atoms with van der Waals surface area (Å²) in [5, 5.41) is 6.95.